The highest BCUT2D eigenvalue weighted by Crippen LogP contribution is 2.06. The van der Waals surface area contributed by atoms with Crippen molar-refractivity contribution in [2.45, 2.75) is 19.1 Å². The van der Waals surface area contributed by atoms with Gasteiger partial charge in [0, 0.05) is 11.5 Å². The Morgan fingerprint density at radius 2 is 2.19 bits per heavy atom. The second kappa shape index (κ2) is 7.51. The summed E-state index contributed by atoms with van der Waals surface area (Å²) in [5, 5.41) is 3.47. The highest BCUT2D eigenvalue weighted by molar-refractivity contribution is 5.13. The number of ether oxygens (including phenoxy) is 1. The van der Waals surface area contributed by atoms with E-state index in [0.717, 1.165) is 5.56 Å². The zero-order chi connectivity index (χ0) is 11.6. The Kier molecular flexibility index (Phi) is 5.78. The zero-order valence-electron chi connectivity index (χ0n) is 9.12. The average molecular weight is 217 g/mol. The number of hydrogen-bond donors (Lipinski definition) is 0. The Morgan fingerprint density at radius 3 is 2.81 bits per heavy atom. The normalized spacial score (nSPS) is 11.5. The van der Waals surface area contributed by atoms with Gasteiger partial charge in [0.05, 0.1) is 12.7 Å². The van der Waals surface area contributed by atoms with E-state index in [-0.39, 0.29) is 6.10 Å². The van der Waals surface area contributed by atoms with Crippen LogP contribution in [0.4, 0.5) is 0 Å². The number of benzene rings is 1. The summed E-state index contributed by atoms with van der Waals surface area (Å²) >= 11 is 0. The summed E-state index contributed by atoms with van der Waals surface area (Å²) in [5.41, 5.74) is 9.27. The lowest BCUT2D eigenvalue weighted by molar-refractivity contribution is 0.0683. The van der Waals surface area contributed by atoms with Crippen molar-refractivity contribution in [1.82, 2.24) is 0 Å². The van der Waals surface area contributed by atoms with Crippen LogP contribution in [0, 0.1) is 0 Å². The van der Waals surface area contributed by atoms with Gasteiger partial charge in [-0.2, -0.15) is 0 Å². The molecule has 1 aromatic rings. The molecular weight excluding hydrogens is 202 g/mol. The predicted octanol–water partition coefficient (Wildman–Crippen LogP) is 3.46. The molecule has 0 N–H and O–H groups in total. The lowest BCUT2D eigenvalue weighted by Gasteiger charge is -2.12. The Morgan fingerprint density at radius 1 is 1.44 bits per heavy atom. The van der Waals surface area contributed by atoms with Crippen molar-refractivity contribution in [1.29, 1.82) is 0 Å². The zero-order valence-corrected chi connectivity index (χ0v) is 9.12. The molecule has 1 atom stereocenters. The molecule has 0 aliphatic heterocycles. The number of azide groups is 1. The quantitative estimate of drug-likeness (QED) is 0.298. The van der Waals surface area contributed by atoms with E-state index in [9.17, 15) is 0 Å². The van der Waals surface area contributed by atoms with E-state index in [1.54, 1.807) is 6.08 Å². The molecule has 0 aliphatic rings. The third-order valence-electron chi connectivity index (χ3n) is 2.15. The molecule has 0 bridgehead atoms. The van der Waals surface area contributed by atoms with Gasteiger partial charge in [-0.3, -0.25) is 0 Å². The number of hydrogen-bond acceptors (Lipinski definition) is 2. The summed E-state index contributed by atoms with van der Waals surface area (Å²) in [6.45, 7) is 4.67. The molecule has 1 aromatic carbocycles. The molecule has 4 heteroatoms. The third-order valence-corrected chi connectivity index (χ3v) is 2.15. The Bertz CT molecular complexity index is 358. The second-order valence-corrected chi connectivity index (χ2v) is 3.31. The van der Waals surface area contributed by atoms with E-state index in [1.165, 1.54) is 0 Å². The van der Waals surface area contributed by atoms with Crippen molar-refractivity contribution < 1.29 is 4.74 Å². The van der Waals surface area contributed by atoms with Crippen LogP contribution in [0.15, 0.2) is 48.1 Å². The molecule has 0 aromatic heterocycles. The third kappa shape index (κ3) is 4.64. The van der Waals surface area contributed by atoms with Crippen molar-refractivity contribution >= 4 is 0 Å². The van der Waals surface area contributed by atoms with E-state index < -0.39 is 0 Å². The molecule has 0 spiro atoms. The maximum Gasteiger partial charge on any atom is 0.0759 e. The minimum atomic E-state index is -0.0642. The topological polar surface area (TPSA) is 58.0 Å². The fourth-order valence-corrected chi connectivity index (χ4v) is 1.28. The highest BCUT2D eigenvalue weighted by atomic mass is 16.5. The molecule has 0 heterocycles. The fraction of sp³-hybridized carbons (Fsp3) is 0.333. The summed E-state index contributed by atoms with van der Waals surface area (Å²) < 4.78 is 5.62. The van der Waals surface area contributed by atoms with Gasteiger partial charge < -0.3 is 4.74 Å². The summed E-state index contributed by atoms with van der Waals surface area (Å²) in [6, 6.07) is 9.93. The molecule has 4 nitrogen and oxygen atoms in total. The van der Waals surface area contributed by atoms with Crippen LogP contribution in [-0.4, -0.2) is 12.6 Å². The molecule has 16 heavy (non-hydrogen) atoms. The Hall–Kier alpha value is -1.77. The SMILES string of the molecule is C=C[C@@H](CCN=[N+]=[N-])OCc1ccccc1. The van der Waals surface area contributed by atoms with Crippen molar-refractivity contribution in [3.63, 3.8) is 0 Å². The van der Waals surface area contributed by atoms with E-state index in [4.69, 9.17) is 10.3 Å². The first-order chi connectivity index (χ1) is 7.86. The van der Waals surface area contributed by atoms with Gasteiger partial charge >= 0.3 is 0 Å². The van der Waals surface area contributed by atoms with Crippen LogP contribution in [0.2, 0.25) is 0 Å². The molecule has 84 valence electrons. The minimum absolute atomic E-state index is 0.0642. The molecule has 0 unspecified atom stereocenters. The maximum atomic E-state index is 8.15. The van der Waals surface area contributed by atoms with Crippen molar-refractivity contribution in [2.24, 2.45) is 5.11 Å². The van der Waals surface area contributed by atoms with Crippen LogP contribution in [-0.2, 0) is 11.3 Å². The van der Waals surface area contributed by atoms with E-state index in [0.29, 0.717) is 19.6 Å². The maximum absolute atomic E-state index is 8.15. The smallest absolute Gasteiger partial charge is 0.0759 e. The van der Waals surface area contributed by atoms with Gasteiger partial charge in [-0.25, -0.2) is 0 Å². The van der Waals surface area contributed by atoms with Crippen molar-refractivity contribution in [2.75, 3.05) is 6.54 Å². The molecule has 1 rings (SSSR count). The summed E-state index contributed by atoms with van der Waals surface area (Å²) in [7, 11) is 0. The monoisotopic (exact) mass is 217 g/mol. The van der Waals surface area contributed by atoms with Gasteiger partial charge in [-0.1, -0.05) is 41.5 Å². The van der Waals surface area contributed by atoms with Crippen molar-refractivity contribution in [3.05, 3.63) is 59.0 Å². The van der Waals surface area contributed by atoms with Crippen LogP contribution < -0.4 is 0 Å². The minimum Gasteiger partial charge on any atom is -0.369 e. The van der Waals surface area contributed by atoms with Crippen LogP contribution in [0.25, 0.3) is 10.4 Å². The standard InChI is InChI=1S/C12H15N3O/c1-2-12(8-9-14-15-13)16-10-11-6-4-3-5-7-11/h2-7,12H,1,8-10H2/t12-/m0/s1. The van der Waals surface area contributed by atoms with Gasteiger partial charge in [0.2, 0.25) is 0 Å². The molecular formula is C12H15N3O. The fourth-order valence-electron chi connectivity index (χ4n) is 1.28. The van der Waals surface area contributed by atoms with Crippen molar-refractivity contribution in [3.8, 4) is 0 Å². The molecule has 0 saturated carbocycles. The number of rotatable bonds is 7. The van der Waals surface area contributed by atoms with Crippen LogP contribution in [0.5, 0.6) is 0 Å². The van der Waals surface area contributed by atoms with Gasteiger partial charge in [-0.15, -0.1) is 6.58 Å². The van der Waals surface area contributed by atoms with Crippen LogP contribution >= 0.6 is 0 Å². The summed E-state index contributed by atoms with van der Waals surface area (Å²) in [4.78, 5) is 2.70. The lowest BCUT2D eigenvalue weighted by Crippen LogP contribution is -2.10. The molecule has 0 aliphatic carbocycles. The first-order valence-electron chi connectivity index (χ1n) is 5.15. The Balaban J connectivity index is 2.34. The summed E-state index contributed by atoms with van der Waals surface area (Å²) in [6.07, 6.45) is 2.33. The van der Waals surface area contributed by atoms with Crippen LogP contribution in [0.3, 0.4) is 0 Å². The molecule has 0 amide bonds. The first kappa shape index (κ1) is 12.3. The molecule has 0 saturated heterocycles. The predicted molar refractivity (Wildman–Crippen MR) is 63.8 cm³/mol. The van der Waals surface area contributed by atoms with E-state index in [2.05, 4.69) is 16.6 Å². The average Bonchev–Trinajstić information content (AvgIpc) is 2.35. The molecule has 0 fully saturated rings. The first-order valence-corrected chi connectivity index (χ1v) is 5.15. The highest BCUT2D eigenvalue weighted by Gasteiger charge is 2.03. The van der Waals surface area contributed by atoms with Gasteiger partial charge in [0.1, 0.15) is 0 Å². The largest absolute Gasteiger partial charge is 0.369 e. The Labute approximate surface area is 95.2 Å². The second-order valence-electron chi connectivity index (χ2n) is 3.31. The molecule has 0 radical (unpaired) electrons. The van der Waals surface area contributed by atoms with Gasteiger partial charge in [0.25, 0.3) is 0 Å². The lowest BCUT2D eigenvalue weighted by atomic mass is 10.2. The van der Waals surface area contributed by atoms with Gasteiger partial charge in [-0.05, 0) is 17.5 Å². The van der Waals surface area contributed by atoms with Gasteiger partial charge in [0.15, 0.2) is 0 Å². The summed E-state index contributed by atoms with van der Waals surface area (Å²) in [5.74, 6) is 0. The number of nitrogens with zero attached hydrogens (tertiary/aromatic N) is 3. The van der Waals surface area contributed by atoms with E-state index >= 15 is 0 Å². The van der Waals surface area contributed by atoms with Crippen LogP contribution in [0.1, 0.15) is 12.0 Å². The van der Waals surface area contributed by atoms with E-state index in [1.807, 2.05) is 30.3 Å².